The number of carbonyl (C=O) groups is 3. The molecule has 50 heavy (non-hydrogen) atoms. The highest BCUT2D eigenvalue weighted by Crippen LogP contribution is 2.30. The van der Waals surface area contributed by atoms with Crippen molar-refractivity contribution in [1.82, 2.24) is 29.9 Å². The zero-order chi connectivity index (χ0) is 34.8. The second-order valence-electron chi connectivity index (χ2n) is 14.3. The molecule has 7 rings (SSSR count). The lowest BCUT2D eigenvalue weighted by atomic mass is 9.91. The molecule has 4 aliphatic heterocycles. The van der Waals surface area contributed by atoms with E-state index < -0.39 is 18.1 Å². The van der Waals surface area contributed by atoms with E-state index in [1.807, 2.05) is 60.0 Å². The molecule has 3 saturated heterocycles. The second kappa shape index (κ2) is 14.8. The molecule has 0 spiro atoms. The van der Waals surface area contributed by atoms with Gasteiger partial charge in [0.25, 0.3) is 5.91 Å². The van der Waals surface area contributed by atoms with Crippen LogP contribution in [-0.2, 0) is 16.0 Å². The molecule has 3 fully saturated rings. The Morgan fingerprint density at radius 3 is 2.34 bits per heavy atom. The van der Waals surface area contributed by atoms with Gasteiger partial charge in [0.2, 0.25) is 5.56 Å². The number of carbonyl (C=O) groups excluding carboxylic acids is 3. The van der Waals surface area contributed by atoms with Gasteiger partial charge in [0.05, 0.1) is 5.52 Å². The summed E-state index contributed by atoms with van der Waals surface area (Å²) in [5.41, 5.74) is 4.32. The Morgan fingerprint density at radius 2 is 1.58 bits per heavy atom. The van der Waals surface area contributed by atoms with Crippen LogP contribution in [0.5, 0.6) is 0 Å². The van der Waals surface area contributed by atoms with Crippen LogP contribution in [-0.4, -0.2) is 120 Å². The van der Waals surface area contributed by atoms with Crippen molar-refractivity contribution in [3.8, 4) is 0 Å². The Labute approximate surface area is 293 Å². The fourth-order valence-corrected chi connectivity index (χ4v) is 8.22. The Kier molecular flexibility index (Phi) is 10.1. The molecule has 2 unspecified atom stereocenters. The van der Waals surface area contributed by atoms with Crippen LogP contribution in [0.2, 0.25) is 0 Å². The number of urea groups is 1. The number of aromatic amines is 1. The number of fused-ring (bicyclic) bond motifs is 2. The van der Waals surface area contributed by atoms with Gasteiger partial charge >= 0.3 is 12.1 Å². The van der Waals surface area contributed by atoms with Gasteiger partial charge in [-0.15, -0.1) is 0 Å². The minimum Gasteiger partial charge on any atom is -0.435 e. The summed E-state index contributed by atoms with van der Waals surface area (Å²) in [6.45, 7) is 10.2. The first-order valence-electron chi connectivity index (χ1n) is 18.2. The number of piperazine rings is 1. The number of ether oxygens (including phenoxy) is 1. The fourth-order valence-electron chi connectivity index (χ4n) is 8.22. The Bertz CT molecular complexity index is 1770. The molecule has 4 aliphatic rings. The van der Waals surface area contributed by atoms with Crippen LogP contribution in [0.15, 0.2) is 53.3 Å². The van der Waals surface area contributed by atoms with Gasteiger partial charge in [0.15, 0.2) is 6.10 Å². The minimum atomic E-state index is -1.01. The SMILES string of the molecule is Cc1cc(C(C)C(OC(=O)N2CCC(N3CCc4ccccc4NC3=O)CC2)C(=O)N2CCN(C3CCNCC3)CC2)cc2ccc(=O)[nH]c12. The molecule has 3 N–H and O–H groups in total. The summed E-state index contributed by atoms with van der Waals surface area (Å²) < 4.78 is 6.22. The molecule has 2 atom stereocenters. The van der Waals surface area contributed by atoms with Gasteiger partial charge in [-0.3, -0.25) is 14.5 Å². The Hall–Kier alpha value is -4.42. The summed E-state index contributed by atoms with van der Waals surface area (Å²) in [5.74, 6) is -0.602. The number of H-pyrrole nitrogens is 1. The van der Waals surface area contributed by atoms with Crippen molar-refractivity contribution in [2.45, 2.75) is 70.1 Å². The number of rotatable bonds is 6. The highest BCUT2D eigenvalue weighted by Gasteiger charge is 2.39. The lowest BCUT2D eigenvalue weighted by molar-refractivity contribution is -0.144. The van der Waals surface area contributed by atoms with Gasteiger partial charge in [-0.05, 0) is 92.4 Å². The second-order valence-corrected chi connectivity index (χ2v) is 14.3. The van der Waals surface area contributed by atoms with E-state index in [0.717, 1.165) is 78.7 Å². The number of likely N-dealkylation sites (tertiary alicyclic amines) is 1. The van der Waals surface area contributed by atoms with Crippen LogP contribution < -0.4 is 16.2 Å². The third-order valence-corrected chi connectivity index (χ3v) is 11.3. The first-order chi connectivity index (χ1) is 24.2. The van der Waals surface area contributed by atoms with Crippen LogP contribution in [0.25, 0.3) is 10.9 Å². The van der Waals surface area contributed by atoms with Gasteiger partial charge in [-0.2, -0.15) is 0 Å². The predicted octanol–water partition coefficient (Wildman–Crippen LogP) is 3.90. The molecule has 3 aromatic rings. The third kappa shape index (κ3) is 7.22. The summed E-state index contributed by atoms with van der Waals surface area (Å²) in [4.78, 5) is 64.2. The largest absolute Gasteiger partial charge is 0.435 e. The van der Waals surface area contributed by atoms with Crippen molar-refractivity contribution in [2.24, 2.45) is 0 Å². The van der Waals surface area contributed by atoms with Crippen LogP contribution in [0.4, 0.5) is 15.3 Å². The Morgan fingerprint density at radius 1 is 0.840 bits per heavy atom. The highest BCUT2D eigenvalue weighted by atomic mass is 16.6. The lowest BCUT2D eigenvalue weighted by Crippen LogP contribution is -2.56. The van der Waals surface area contributed by atoms with Crippen molar-refractivity contribution in [2.75, 3.05) is 64.2 Å². The smallest absolute Gasteiger partial charge is 0.410 e. The van der Waals surface area contributed by atoms with E-state index in [0.29, 0.717) is 51.6 Å². The number of piperidine rings is 2. The van der Waals surface area contributed by atoms with Gasteiger partial charge < -0.3 is 35.1 Å². The molecule has 266 valence electrons. The molecule has 4 amide bonds. The number of benzene rings is 2. The number of aryl methyl sites for hydroxylation is 1. The molecule has 5 heterocycles. The number of pyridine rings is 1. The maximum absolute atomic E-state index is 14.3. The number of anilines is 1. The zero-order valence-corrected chi connectivity index (χ0v) is 29.2. The van der Waals surface area contributed by atoms with Crippen LogP contribution in [0, 0.1) is 6.92 Å². The molecule has 12 nitrogen and oxygen atoms in total. The highest BCUT2D eigenvalue weighted by molar-refractivity contribution is 5.91. The predicted molar refractivity (Wildman–Crippen MR) is 193 cm³/mol. The molecule has 0 radical (unpaired) electrons. The third-order valence-electron chi connectivity index (χ3n) is 11.3. The van der Waals surface area contributed by atoms with E-state index in [1.54, 1.807) is 11.0 Å². The number of aromatic nitrogens is 1. The van der Waals surface area contributed by atoms with Crippen molar-refractivity contribution in [1.29, 1.82) is 0 Å². The summed E-state index contributed by atoms with van der Waals surface area (Å²) in [6, 6.07) is 15.6. The summed E-state index contributed by atoms with van der Waals surface area (Å²) in [5, 5.41) is 7.35. The van der Waals surface area contributed by atoms with Gasteiger partial charge in [-0.25, -0.2) is 9.59 Å². The summed E-state index contributed by atoms with van der Waals surface area (Å²) >= 11 is 0. The van der Waals surface area contributed by atoms with E-state index in [-0.39, 0.29) is 23.5 Å². The molecule has 1 aromatic heterocycles. The van der Waals surface area contributed by atoms with Gasteiger partial charge in [0, 0.05) is 75.6 Å². The number of nitrogens with zero attached hydrogens (tertiary/aromatic N) is 4. The molecule has 12 heteroatoms. The molecule has 2 aromatic carbocycles. The van der Waals surface area contributed by atoms with Crippen molar-refractivity contribution in [3.05, 3.63) is 75.6 Å². The number of amides is 4. The summed E-state index contributed by atoms with van der Waals surface area (Å²) in [7, 11) is 0. The van der Waals surface area contributed by atoms with Crippen LogP contribution >= 0.6 is 0 Å². The fraction of sp³-hybridized carbons (Fsp3) is 0.526. The van der Waals surface area contributed by atoms with Gasteiger partial charge in [-0.1, -0.05) is 31.2 Å². The van der Waals surface area contributed by atoms with Crippen LogP contribution in [0.1, 0.15) is 55.2 Å². The number of nitrogens with one attached hydrogen (secondary N) is 3. The maximum atomic E-state index is 14.3. The van der Waals surface area contributed by atoms with Crippen molar-refractivity contribution in [3.63, 3.8) is 0 Å². The molecular weight excluding hydrogens is 634 g/mol. The standard InChI is InChI=1S/C38H49N7O5/c1-25-23-29(24-28-7-8-33(46)41-34(25)28)26(2)35(36(47)43-21-19-42(20-22-43)30-9-14-39-15-10-30)50-38(49)44-16-12-31(13-17-44)45-18-11-27-5-3-4-6-32(27)40-37(45)48/h3-8,23-24,26,30-31,35,39H,9-22H2,1-2H3,(H,40,48)(H,41,46). The molecular formula is C38H49N7O5. The molecule has 0 bridgehead atoms. The summed E-state index contributed by atoms with van der Waals surface area (Å²) in [6.07, 6.45) is 2.75. The van der Waals surface area contributed by atoms with Crippen LogP contribution in [0.3, 0.4) is 0 Å². The van der Waals surface area contributed by atoms with Crippen molar-refractivity contribution < 1.29 is 19.1 Å². The average Bonchev–Trinajstić information content (AvgIpc) is 3.32. The van der Waals surface area contributed by atoms with E-state index >= 15 is 0 Å². The first kappa shape index (κ1) is 34.0. The number of para-hydroxylation sites is 1. The van der Waals surface area contributed by atoms with E-state index in [4.69, 9.17) is 4.74 Å². The monoisotopic (exact) mass is 683 g/mol. The maximum Gasteiger partial charge on any atom is 0.410 e. The zero-order valence-electron chi connectivity index (χ0n) is 29.2. The van der Waals surface area contributed by atoms with Crippen molar-refractivity contribution >= 4 is 34.6 Å². The Balaban J connectivity index is 1.05. The normalized spacial score (nSPS) is 20.9. The van der Waals surface area contributed by atoms with Gasteiger partial charge in [0.1, 0.15) is 0 Å². The number of hydrogen-bond acceptors (Lipinski definition) is 7. The molecule has 0 aliphatic carbocycles. The van der Waals surface area contributed by atoms with E-state index in [2.05, 4.69) is 20.5 Å². The quantitative estimate of drug-likeness (QED) is 0.360. The topological polar surface area (TPSA) is 130 Å². The average molecular weight is 684 g/mol. The number of hydrogen-bond donors (Lipinski definition) is 3. The lowest BCUT2D eigenvalue weighted by Gasteiger charge is -2.42. The molecule has 0 saturated carbocycles. The van der Waals surface area contributed by atoms with E-state index in [9.17, 15) is 19.2 Å². The van der Waals surface area contributed by atoms with E-state index in [1.165, 1.54) is 6.07 Å². The minimum absolute atomic E-state index is 0.00738. The first-order valence-corrected chi connectivity index (χ1v) is 18.2.